The summed E-state index contributed by atoms with van der Waals surface area (Å²) in [5.74, 6) is -0.824. The molecule has 3 heterocycles. The zero-order valence-corrected chi connectivity index (χ0v) is 18.9. The topological polar surface area (TPSA) is 126 Å². The van der Waals surface area contributed by atoms with E-state index in [1.807, 2.05) is 68.2 Å². The molecule has 0 radical (unpaired) electrons. The number of nitrogens with one attached hydrogen (secondary N) is 3. The first-order valence-corrected chi connectivity index (χ1v) is 10.4. The van der Waals surface area contributed by atoms with Gasteiger partial charge in [0.15, 0.2) is 0 Å². The molecule has 0 saturated carbocycles. The number of rotatable bonds is 2. The predicted molar refractivity (Wildman–Crippen MR) is 139 cm³/mol. The van der Waals surface area contributed by atoms with Crippen LogP contribution in [0.5, 0.6) is 0 Å². The number of carbonyl (C=O) groups excluding carboxylic acids is 2. The Labute approximate surface area is 196 Å². The Kier molecular flexibility index (Phi) is 12.9. The minimum absolute atomic E-state index is 0. The Balaban J connectivity index is -0.000000213. The molecule has 3 aliphatic heterocycles. The van der Waals surface area contributed by atoms with Crippen molar-refractivity contribution in [3.8, 4) is 0 Å². The number of para-hydroxylation sites is 1. The van der Waals surface area contributed by atoms with E-state index in [0.717, 1.165) is 22.6 Å². The van der Waals surface area contributed by atoms with Crippen LogP contribution in [-0.4, -0.2) is 16.7 Å². The van der Waals surface area contributed by atoms with E-state index in [4.69, 9.17) is 11.5 Å². The first kappa shape index (κ1) is 28.5. The molecular formula is C24H44N6O2. The van der Waals surface area contributed by atoms with Gasteiger partial charge in [0.2, 0.25) is 5.91 Å². The molecule has 7 N–H and O–H groups in total. The second-order valence-corrected chi connectivity index (χ2v) is 6.56. The Morgan fingerprint density at radius 3 is 2.38 bits per heavy atom. The fourth-order valence-electron chi connectivity index (χ4n) is 2.71. The van der Waals surface area contributed by atoms with Gasteiger partial charge >= 0.3 is 0 Å². The lowest BCUT2D eigenvalue weighted by atomic mass is 10.1. The molecule has 0 spiro atoms. The van der Waals surface area contributed by atoms with E-state index in [1.165, 1.54) is 6.42 Å². The van der Waals surface area contributed by atoms with Crippen LogP contribution >= 0.6 is 0 Å². The standard InChI is InChI=1S/C10H11N3O.C8H9N3O.C3H8.C2H6.CH4.3H2/c1-7-3-2-4-8-5-12-9(10(11)14)6-13(7)8;9-8(12)7-5-3-1-2-4-6(5)10-11-7;1-3-2;1-2;;;;/h2-6,12H,1H3,(H2,11,14);1-4,7,10-11H,(H2,9,12);3H2,1-2H3;1-2H3;1H4;3*1H. The van der Waals surface area contributed by atoms with Crippen LogP contribution in [0.3, 0.4) is 0 Å². The normalized spacial score (nSPS) is 16.5. The highest BCUT2D eigenvalue weighted by molar-refractivity contribution is 5.91. The molecule has 1 aromatic rings. The van der Waals surface area contributed by atoms with Crippen molar-refractivity contribution in [1.29, 1.82) is 0 Å². The molecule has 0 bridgehead atoms. The van der Waals surface area contributed by atoms with Gasteiger partial charge in [-0.3, -0.25) is 9.59 Å². The molecular weight excluding hydrogens is 404 g/mol. The fraction of sp³-hybridized carbons (Fsp3) is 0.333. The minimum Gasteiger partial charge on any atom is -0.368 e. The van der Waals surface area contributed by atoms with Crippen molar-refractivity contribution < 1.29 is 13.9 Å². The Morgan fingerprint density at radius 2 is 1.78 bits per heavy atom. The largest absolute Gasteiger partial charge is 0.368 e. The lowest BCUT2D eigenvalue weighted by Gasteiger charge is -2.28. The number of fused-ring (bicyclic) bond motifs is 2. The number of hydrogen-bond acceptors (Lipinski definition) is 6. The van der Waals surface area contributed by atoms with Crippen LogP contribution in [0, 0.1) is 0 Å². The second-order valence-electron chi connectivity index (χ2n) is 6.56. The maximum Gasteiger partial charge on any atom is 0.266 e. The second kappa shape index (κ2) is 14.5. The van der Waals surface area contributed by atoms with Gasteiger partial charge in [-0.2, -0.15) is 0 Å². The van der Waals surface area contributed by atoms with E-state index in [0.29, 0.717) is 5.70 Å². The number of anilines is 1. The number of allylic oxidation sites excluding steroid dienone is 4. The highest BCUT2D eigenvalue weighted by atomic mass is 16.2. The van der Waals surface area contributed by atoms with Crippen molar-refractivity contribution in [3.05, 3.63) is 77.5 Å². The average molecular weight is 449 g/mol. The molecule has 3 aliphatic rings. The van der Waals surface area contributed by atoms with Gasteiger partial charge in [0.1, 0.15) is 11.7 Å². The molecule has 0 saturated heterocycles. The molecule has 1 atom stereocenters. The van der Waals surface area contributed by atoms with Crippen molar-refractivity contribution in [2.45, 2.75) is 54.5 Å². The van der Waals surface area contributed by atoms with Crippen LogP contribution in [-0.2, 0) is 9.59 Å². The first-order chi connectivity index (χ1) is 14.9. The average Bonchev–Trinajstić information content (AvgIpc) is 3.21. The van der Waals surface area contributed by atoms with Gasteiger partial charge in [-0.1, -0.05) is 65.8 Å². The van der Waals surface area contributed by atoms with Gasteiger partial charge in [-0.05, 0) is 25.1 Å². The third kappa shape index (κ3) is 7.63. The van der Waals surface area contributed by atoms with E-state index < -0.39 is 11.9 Å². The summed E-state index contributed by atoms with van der Waals surface area (Å²) >= 11 is 0. The number of nitrogens with two attached hydrogens (primary N) is 2. The highest BCUT2D eigenvalue weighted by Gasteiger charge is 2.25. The van der Waals surface area contributed by atoms with Gasteiger partial charge < -0.3 is 27.1 Å². The number of hydrogen-bond donors (Lipinski definition) is 5. The predicted octanol–water partition coefficient (Wildman–Crippen LogP) is 4.49. The smallest absolute Gasteiger partial charge is 0.266 e. The van der Waals surface area contributed by atoms with Crippen LogP contribution in [0.15, 0.2) is 72.0 Å². The Morgan fingerprint density at radius 1 is 1.16 bits per heavy atom. The third-order valence-corrected chi connectivity index (χ3v) is 4.07. The van der Waals surface area contributed by atoms with Gasteiger partial charge in [-0.15, -0.1) is 0 Å². The zero-order valence-electron chi connectivity index (χ0n) is 18.9. The van der Waals surface area contributed by atoms with E-state index in [-0.39, 0.29) is 17.6 Å². The van der Waals surface area contributed by atoms with E-state index in [1.54, 1.807) is 12.4 Å². The molecule has 0 fully saturated rings. The Bertz CT molecular complexity index is 901. The van der Waals surface area contributed by atoms with Crippen molar-refractivity contribution in [2.75, 3.05) is 5.43 Å². The van der Waals surface area contributed by atoms with Crippen LogP contribution in [0.1, 0.15) is 64.4 Å². The summed E-state index contributed by atoms with van der Waals surface area (Å²) < 4.78 is 0. The van der Waals surface area contributed by atoms with Crippen molar-refractivity contribution >= 4 is 17.5 Å². The summed E-state index contributed by atoms with van der Waals surface area (Å²) in [6.07, 6.45) is 10.6. The van der Waals surface area contributed by atoms with Crippen LogP contribution in [0.25, 0.3) is 0 Å². The van der Waals surface area contributed by atoms with E-state index in [9.17, 15) is 9.59 Å². The summed E-state index contributed by atoms with van der Waals surface area (Å²) in [6.45, 7) is 10.2. The molecule has 0 aliphatic carbocycles. The summed E-state index contributed by atoms with van der Waals surface area (Å²) in [4.78, 5) is 23.7. The zero-order chi connectivity index (χ0) is 23.4. The SMILES string of the molecule is C.CC.CC1=CC=CC2=CNC(C(N)=O)=CN12.CCC.NC(=O)C1NNc2ccccc21.[HH].[HH].[HH]. The van der Waals surface area contributed by atoms with Crippen LogP contribution < -0.4 is 27.6 Å². The number of nitrogens with zero attached hydrogens (tertiary/aromatic N) is 1. The third-order valence-electron chi connectivity index (χ3n) is 4.07. The maximum absolute atomic E-state index is 10.9. The molecule has 4 rings (SSSR count). The van der Waals surface area contributed by atoms with Gasteiger partial charge in [0.25, 0.3) is 5.91 Å². The molecule has 1 unspecified atom stereocenters. The van der Waals surface area contributed by atoms with E-state index in [2.05, 4.69) is 30.0 Å². The molecule has 0 aromatic heterocycles. The maximum atomic E-state index is 10.9. The highest BCUT2D eigenvalue weighted by Crippen LogP contribution is 2.27. The number of carbonyl (C=O) groups is 2. The molecule has 1 aromatic carbocycles. The van der Waals surface area contributed by atoms with Gasteiger partial charge in [0.05, 0.1) is 11.4 Å². The molecule has 32 heavy (non-hydrogen) atoms. The van der Waals surface area contributed by atoms with E-state index >= 15 is 0 Å². The molecule has 182 valence electrons. The monoisotopic (exact) mass is 448 g/mol. The summed E-state index contributed by atoms with van der Waals surface area (Å²) in [7, 11) is 0. The minimum atomic E-state index is -0.456. The lowest BCUT2D eigenvalue weighted by molar-refractivity contribution is -0.120. The number of hydrazine groups is 1. The molecule has 2 amide bonds. The number of primary amides is 2. The Hall–Kier alpha value is -3.52. The van der Waals surface area contributed by atoms with Crippen molar-refractivity contribution in [2.24, 2.45) is 11.5 Å². The van der Waals surface area contributed by atoms with Gasteiger partial charge in [-0.25, -0.2) is 5.43 Å². The summed E-state index contributed by atoms with van der Waals surface area (Å²) in [6, 6.07) is 7.14. The van der Waals surface area contributed by atoms with Gasteiger partial charge in [0, 0.05) is 27.9 Å². The lowest BCUT2D eigenvalue weighted by Crippen LogP contribution is -2.31. The fourth-order valence-corrected chi connectivity index (χ4v) is 2.71. The van der Waals surface area contributed by atoms with Crippen LogP contribution in [0.2, 0.25) is 0 Å². The molecule has 8 heteroatoms. The number of amides is 2. The van der Waals surface area contributed by atoms with Crippen LogP contribution in [0.4, 0.5) is 5.69 Å². The summed E-state index contributed by atoms with van der Waals surface area (Å²) in [5, 5.41) is 2.84. The summed E-state index contributed by atoms with van der Waals surface area (Å²) in [5.41, 5.74) is 20.3. The number of benzene rings is 1. The van der Waals surface area contributed by atoms with Crippen molar-refractivity contribution in [1.82, 2.24) is 15.6 Å². The van der Waals surface area contributed by atoms with Crippen molar-refractivity contribution in [3.63, 3.8) is 0 Å². The first-order valence-electron chi connectivity index (χ1n) is 10.4. The molecule has 8 nitrogen and oxygen atoms in total. The quantitative estimate of drug-likeness (QED) is 0.454.